The smallest absolute Gasteiger partial charge is 0.396 e. The lowest BCUT2D eigenvalue weighted by atomic mass is 9.86. The van der Waals surface area contributed by atoms with E-state index in [2.05, 4.69) is 26.5 Å². The van der Waals surface area contributed by atoms with Gasteiger partial charge < -0.3 is 14.6 Å². The zero-order valence-electron chi connectivity index (χ0n) is 30.0. The fourth-order valence-electron chi connectivity index (χ4n) is 8.26. The van der Waals surface area contributed by atoms with Crippen LogP contribution in [0.5, 0.6) is 0 Å². The summed E-state index contributed by atoms with van der Waals surface area (Å²) in [5.41, 5.74) is 2.57. The number of benzene rings is 3. The average Bonchev–Trinajstić information content (AvgIpc) is 3.52. The SMILES string of the molecule is CN(Cc1ccc(C2CCC(=O)NC2=O)c(F)c1)C1CCN(c2ccc3nc(NC(=O)c4cccc(C(F)(F)F)c4)n(C4CCC(CO)CC4)c3c2)CC1. The number of carbonyl (C=O) groups excluding carboxylic acids is 3. The maximum atomic E-state index is 15.2. The number of aliphatic hydroxyl groups excluding tert-OH is 1. The van der Waals surface area contributed by atoms with Crippen LogP contribution in [0.2, 0.25) is 0 Å². The van der Waals surface area contributed by atoms with Crippen molar-refractivity contribution < 1.29 is 37.1 Å². The summed E-state index contributed by atoms with van der Waals surface area (Å²) in [6.07, 6.45) is 0.765. The molecule has 54 heavy (non-hydrogen) atoms. The van der Waals surface area contributed by atoms with Gasteiger partial charge in [0.1, 0.15) is 5.82 Å². The van der Waals surface area contributed by atoms with Crippen molar-refractivity contribution in [2.45, 2.75) is 82.1 Å². The number of aliphatic hydroxyl groups is 1. The number of carbonyl (C=O) groups is 3. The summed E-state index contributed by atoms with van der Waals surface area (Å²) >= 11 is 0. The van der Waals surface area contributed by atoms with Gasteiger partial charge >= 0.3 is 6.18 Å². The lowest BCUT2D eigenvalue weighted by molar-refractivity contribution is -0.138. The van der Waals surface area contributed by atoms with E-state index in [-0.39, 0.29) is 48.4 Å². The minimum atomic E-state index is -4.58. The monoisotopic (exact) mass is 748 g/mol. The molecule has 7 rings (SSSR count). The Bertz CT molecular complexity index is 2030. The predicted molar refractivity (Wildman–Crippen MR) is 195 cm³/mol. The maximum Gasteiger partial charge on any atom is 0.416 e. The van der Waals surface area contributed by atoms with Crippen LogP contribution < -0.4 is 15.5 Å². The van der Waals surface area contributed by atoms with E-state index in [0.717, 1.165) is 80.5 Å². The molecule has 1 aliphatic carbocycles. The molecule has 1 saturated carbocycles. The molecule has 3 fully saturated rings. The van der Waals surface area contributed by atoms with Crippen LogP contribution >= 0.6 is 0 Å². The number of imidazole rings is 1. The molecule has 2 aliphatic heterocycles. The summed E-state index contributed by atoms with van der Waals surface area (Å²) in [6, 6.07) is 15.5. The molecular formula is C40H44F4N6O4. The second-order valence-electron chi connectivity index (χ2n) is 14.9. The van der Waals surface area contributed by atoms with Crippen LogP contribution in [0.15, 0.2) is 60.7 Å². The van der Waals surface area contributed by atoms with Crippen LogP contribution in [0.4, 0.5) is 29.2 Å². The van der Waals surface area contributed by atoms with Crippen LogP contribution in [0.25, 0.3) is 11.0 Å². The third kappa shape index (κ3) is 8.00. The van der Waals surface area contributed by atoms with E-state index in [1.54, 1.807) is 6.07 Å². The van der Waals surface area contributed by atoms with Crippen LogP contribution in [-0.2, 0) is 22.3 Å². The lowest BCUT2D eigenvalue weighted by Gasteiger charge is -2.38. The minimum Gasteiger partial charge on any atom is -0.396 e. The van der Waals surface area contributed by atoms with Crippen molar-refractivity contribution in [3.63, 3.8) is 0 Å². The summed E-state index contributed by atoms with van der Waals surface area (Å²) in [5, 5.41) is 14.8. The van der Waals surface area contributed by atoms with Crippen LogP contribution in [0.3, 0.4) is 0 Å². The van der Waals surface area contributed by atoms with E-state index in [1.807, 2.05) is 29.8 Å². The van der Waals surface area contributed by atoms with E-state index in [0.29, 0.717) is 24.0 Å². The topological polar surface area (TPSA) is 120 Å². The number of nitrogens with zero attached hydrogens (tertiary/aromatic N) is 4. The third-order valence-electron chi connectivity index (χ3n) is 11.4. The second-order valence-corrected chi connectivity index (χ2v) is 14.9. The standard InChI is InChI=1S/C40H44F4N6O4/c1-48(22-25-7-11-31(33(41)19-25)32-12-14-36(52)46-38(32)54)28-15-17-49(18-16-28)30-10-13-34-35(21-30)50(29-8-5-24(23-51)6-9-29)39(45-34)47-37(53)26-3-2-4-27(20-26)40(42,43)44/h2-4,7,10-11,13,19-21,24,28-29,32,51H,5-6,8-9,12,14-18,22-23H2,1H3,(H,45,47,53)(H,46,52,54). The number of imide groups is 1. The predicted octanol–water partition coefficient (Wildman–Crippen LogP) is 6.79. The number of hydrogen-bond acceptors (Lipinski definition) is 7. The Morgan fingerprint density at radius 1 is 0.981 bits per heavy atom. The molecule has 0 radical (unpaired) electrons. The highest BCUT2D eigenvalue weighted by Crippen LogP contribution is 2.38. The lowest BCUT2D eigenvalue weighted by Crippen LogP contribution is -2.43. The molecule has 3 aliphatic rings. The van der Waals surface area contributed by atoms with Gasteiger partial charge in [0.15, 0.2) is 0 Å². The van der Waals surface area contributed by atoms with Crippen LogP contribution in [0.1, 0.15) is 90.4 Å². The highest BCUT2D eigenvalue weighted by molar-refractivity contribution is 6.04. The molecule has 2 saturated heterocycles. The fourth-order valence-corrected chi connectivity index (χ4v) is 8.26. The van der Waals surface area contributed by atoms with E-state index in [9.17, 15) is 32.7 Å². The molecule has 3 aromatic carbocycles. The van der Waals surface area contributed by atoms with Crippen molar-refractivity contribution in [1.82, 2.24) is 19.8 Å². The molecule has 1 unspecified atom stereocenters. The fraction of sp³-hybridized carbons (Fsp3) is 0.450. The van der Waals surface area contributed by atoms with Crippen LogP contribution in [-0.4, -0.2) is 70.1 Å². The molecule has 10 nitrogen and oxygen atoms in total. The van der Waals surface area contributed by atoms with E-state index in [1.165, 1.54) is 18.2 Å². The number of fused-ring (bicyclic) bond motifs is 1. The van der Waals surface area contributed by atoms with Gasteiger partial charge in [0.25, 0.3) is 5.91 Å². The number of anilines is 2. The molecule has 0 bridgehead atoms. The molecule has 3 N–H and O–H groups in total. The molecule has 3 heterocycles. The Morgan fingerprint density at radius 3 is 2.43 bits per heavy atom. The summed E-state index contributed by atoms with van der Waals surface area (Å²) in [6.45, 7) is 2.20. The number of amides is 3. The second kappa shape index (κ2) is 15.5. The number of nitrogens with one attached hydrogen (secondary N) is 2. The third-order valence-corrected chi connectivity index (χ3v) is 11.4. The Morgan fingerprint density at radius 2 is 1.74 bits per heavy atom. The van der Waals surface area contributed by atoms with Crippen molar-refractivity contribution in [3.8, 4) is 0 Å². The average molecular weight is 749 g/mol. The number of aromatic nitrogens is 2. The number of alkyl halides is 3. The molecule has 0 spiro atoms. The Hall–Kier alpha value is -4.82. The highest BCUT2D eigenvalue weighted by Gasteiger charge is 2.33. The Labute approximate surface area is 310 Å². The van der Waals surface area contributed by atoms with Gasteiger partial charge in [0.05, 0.1) is 22.5 Å². The molecule has 1 atom stereocenters. The first-order valence-electron chi connectivity index (χ1n) is 18.6. The summed E-state index contributed by atoms with van der Waals surface area (Å²) in [5.74, 6) is -2.12. The van der Waals surface area contributed by atoms with Gasteiger partial charge in [-0.1, -0.05) is 18.2 Å². The van der Waals surface area contributed by atoms with E-state index < -0.39 is 35.3 Å². The van der Waals surface area contributed by atoms with Crippen LogP contribution in [0, 0.1) is 11.7 Å². The van der Waals surface area contributed by atoms with Crippen molar-refractivity contribution in [2.24, 2.45) is 5.92 Å². The molecular weight excluding hydrogens is 704 g/mol. The molecule has 3 amide bonds. The Kier molecular flexibility index (Phi) is 10.8. The summed E-state index contributed by atoms with van der Waals surface area (Å²) < 4.78 is 57.4. The largest absolute Gasteiger partial charge is 0.416 e. The first kappa shape index (κ1) is 37.5. The minimum absolute atomic E-state index is 0.0211. The number of piperidine rings is 2. The van der Waals surface area contributed by atoms with Crippen molar-refractivity contribution in [3.05, 3.63) is 88.7 Å². The molecule has 14 heteroatoms. The molecule has 4 aromatic rings. The molecule has 1 aromatic heterocycles. The maximum absolute atomic E-state index is 15.2. The normalized spacial score (nSPS) is 21.5. The molecule has 286 valence electrons. The number of halogens is 4. The van der Waals surface area contributed by atoms with Crippen molar-refractivity contribution >= 4 is 40.4 Å². The van der Waals surface area contributed by atoms with Gasteiger partial charge in [0, 0.05) is 61.6 Å². The highest BCUT2D eigenvalue weighted by atomic mass is 19.4. The van der Waals surface area contributed by atoms with Gasteiger partial charge in [-0.2, -0.15) is 13.2 Å². The quantitative estimate of drug-likeness (QED) is 0.127. The first-order chi connectivity index (χ1) is 25.9. The number of hydrogen-bond donors (Lipinski definition) is 3. The van der Waals surface area contributed by atoms with E-state index >= 15 is 4.39 Å². The van der Waals surface area contributed by atoms with Gasteiger partial charge in [-0.25, -0.2) is 9.37 Å². The first-order valence-corrected chi connectivity index (χ1v) is 18.6. The zero-order valence-corrected chi connectivity index (χ0v) is 30.0. The van der Waals surface area contributed by atoms with Crippen molar-refractivity contribution in [1.29, 1.82) is 0 Å². The number of rotatable bonds is 9. The van der Waals surface area contributed by atoms with Gasteiger partial charge in [-0.3, -0.25) is 29.9 Å². The van der Waals surface area contributed by atoms with Gasteiger partial charge in [-0.05, 0) is 106 Å². The Balaban J connectivity index is 1.05. The summed E-state index contributed by atoms with van der Waals surface area (Å²) in [4.78, 5) is 46.4. The van der Waals surface area contributed by atoms with Gasteiger partial charge in [-0.15, -0.1) is 0 Å². The van der Waals surface area contributed by atoms with E-state index in [4.69, 9.17) is 4.98 Å². The van der Waals surface area contributed by atoms with Crippen molar-refractivity contribution in [2.75, 3.05) is 37.0 Å². The zero-order chi connectivity index (χ0) is 38.1. The summed E-state index contributed by atoms with van der Waals surface area (Å²) in [7, 11) is 2.03. The van der Waals surface area contributed by atoms with Gasteiger partial charge in [0.2, 0.25) is 17.8 Å².